The first-order valence-electron chi connectivity index (χ1n) is 6.42. The van der Waals surface area contributed by atoms with Crippen LogP contribution in [0.1, 0.15) is 19.4 Å². The molecule has 0 spiro atoms. The van der Waals surface area contributed by atoms with E-state index < -0.39 is 0 Å². The van der Waals surface area contributed by atoms with Crippen molar-refractivity contribution in [2.75, 3.05) is 28.4 Å². The lowest BCUT2D eigenvalue weighted by atomic mass is 10.1. The van der Waals surface area contributed by atoms with E-state index in [-0.39, 0.29) is 11.9 Å². The Hall–Kier alpha value is -2.50. The molecule has 0 amide bonds. The molecule has 22 heavy (non-hydrogen) atoms. The smallest absolute Gasteiger partial charge is 0.333 e. The van der Waals surface area contributed by atoms with Gasteiger partial charge in [0.25, 0.3) is 0 Å². The Kier molecular flexibility index (Phi) is 9.09. The number of methoxy groups -OCH3 is 4. The van der Waals surface area contributed by atoms with E-state index in [2.05, 4.69) is 9.47 Å². The normalized spacial score (nSPS) is 10.0. The molecule has 1 rings (SSSR count). The lowest BCUT2D eigenvalue weighted by molar-refractivity contribution is -0.138. The number of rotatable bonds is 4. The molecule has 1 aromatic carbocycles. The number of hydrogen-bond donors (Lipinski definition) is 0. The van der Waals surface area contributed by atoms with Crippen LogP contribution in [-0.4, -0.2) is 40.4 Å². The summed E-state index contributed by atoms with van der Waals surface area (Å²) in [7, 11) is 5.85. The second-order valence-electron chi connectivity index (χ2n) is 4.13. The Morgan fingerprint density at radius 2 is 1.45 bits per heavy atom. The Bertz CT molecular complexity index is 533. The summed E-state index contributed by atoms with van der Waals surface area (Å²) in [5.74, 6) is 0.684. The van der Waals surface area contributed by atoms with Gasteiger partial charge < -0.3 is 18.9 Å². The van der Waals surface area contributed by atoms with Crippen molar-refractivity contribution in [1.82, 2.24) is 0 Å². The van der Waals surface area contributed by atoms with Crippen LogP contribution in [0.4, 0.5) is 0 Å². The predicted molar refractivity (Wildman–Crippen MR) is 82.9 cm³/mol. The molecular formula is C16H22O6. The lowest BCUT2D eigenvalue weighted by Crippen LogP contribution is -2.01. The Morgan fingerprint density at radius 3 is 1.86 bits per heavy atom. The number of carbonyl (C=O) groups excluding carboxylic acids is 2. The van der Waals surface area contributed by atoms with E-state index in [1.807, 2.05) is 6.07 Å². The van der Waals surface area contributed by atoms with Crippen LogP contribution in [0.15, 0.2) is 23.8 Å². The second-order valence-corrected chi connectivity index (χ2v) is 4.13. The maximum absolute atomic E-state index is 11.2. The maximum Gasteiger partial charge on any atom is 0.333 e. The average molecular weight is 310 g/mol. The van der Waals surface area contributed by atoms with Crippen molar-refractivity contribution in [3.8, 4) is 11.5 Å². The van der Waals surface area contributed by atoms with Crippen molar-refractivity contribution in [1.29, 1.82) is 0 Å². The summed E-state index contributed by atoms with van der Waals surface area (Å²) >= 11 is 0. The van der Waals surface area contributed by atoms with Crippen LogP contribution in [-0.2, 0) is 19.1 Å². The fraction of sp³-hybridized carbons (Fsp3) is 0.375. The largest absolute Gasteiger partial charge is 0.493 e. The molecule has 0 saturated carbocycles. The minimum absolute atomic E-state index is 0.245. The van der Waals surface area contributed by atoms with E-state index in [0.29, 0.717) is 17.1 Å². The highest BCUT2D eigenvalue weighted by Gasteiger charge is 2.06. The SMILES string of the molecule is COC(=O)/C(C)=C\c1ccc(OC)c(OC)c1.COC(C)=O. The third-order valence-electron chi connectivity index (χ3n) is 2.59. The van der Waals surface area contributed by atoms with Crippen LogP contribution < -0.4 is 9.47 Å². The number of hydrogen-bond acceptors (Lipinski definition) is 6. The summed E-state index contributed by atoms with van der Waals surface area (Å²) in [6.07, 6.45) is 1.73. The Balaban J connectivity index is 0.000000763. The molecule has 122 valence electrons. The molecule has 1 aromatic rings. The van der Waals surface area contributed by atoms with Crippen molar-refractivity contribution in [2.45, 2.75) is 13.8 Å². The summed E-state index contributed by atoms with van der Waals surface area (Å²) in [4.78, 5) is 20.8. The van der Waals surface area contributed by atoms with Gasteiger partial charge in [0.2, 0.25) is 0 Å². The molecular weight excluding hydrogens is 288 g/mol. The van der Waals surface area contributed by atoms with Crippen LogP contribution in [0.25, 0.3) is 6.08 Å². The van der Waals surface area contributed by atoms with Gasteiger partial charge in [-0.3, -0.25) is 4.79 Å². The van der Waals surface area contributed by atoms with Gasteiger partial charge in [0, 0.05) is 12.5 Å². The van der Waals surface area contributed by atoms with Gasteiger partial charge in [-0.15, -0.1) is 0 Å². The Labute approximate surface area is 130 Å². The van der Waals surface area contributed by atoms with Crippen LogP contribution in [0.5, 0.6) is 11.5 Å². The van der Waals surface area contributed by atoms with Gasteiger partial charge in [0.15, 0.2) is 11.5 Å². The average Bonchev–Trinajstić information content (AvgIpc) is 2.54. The minimum Gasteiger partial charge on any atom is -0.493 e. The molecule has 0 radical (unpaired) electrons. The monoisotopic (exact) mass is 310 g/mol. The van der Waals surface area contributed by atoms with E-state index in [1.54, 1.807) is 39.4 Å². The number of esters is 2. The van der Waals surface area contributed by atoms with Crippen molar-refractivity contribution in [2.24, 2.45) is 0 Å². The third kappa shape index (κ3) is 6.78. The molecule has 6 heteroatoms. The van der Waals surface area contributed by atoms with Crippen molar-refractivity contribution < 1.29 is 28.5 Å². The van der Waals surface area contributed by atoms with Gasteiger partial charge in [-0.1, -0.05) is 6.07 Å². The quantitative estimate of drug-likeness (QED) is 0.628. The van der Waals surface area contributed by atoms with E-state index in [0.717, 1.165) is 5.56 Å². The third-order valence-corrected chi connectivity index (χ3v) is 2.59. The van der Waals surface area contributed by atoms with Crippen molar-refractivity contribution >= 4 is 18.0 Å². The molecule has 0 N–H and O–H groups in total. The van der Waals surface area contributed by atoms with E-state index >= 15 is 0 Å². The van der Waals surface area contributed by atoms with Gasteiger partial charge in [-0.25, -0.2) is 4.79 Å². The molecule has 0 unspecified atom stereocenters. The van der Waals surface area contributed by atoms with Crippen LogP contribution in [0.2, 0.25) is 0 Å². The van der Waals surface area contributed by atoms with Gasteiger partial charge in [-0.2, -0.15) is 0 Å². The number of carbonyl (C=O) groups is 2. The lowest BCUT2D eigenvalue weighted by Gasteiger charge is -2.08. The van der Waals surface area contributed by atoms with Crippen LogP contribution in [0.3, 0.4) is 0 Å². The fourth-order valence-electron chi connectivity index (χ4n) is 1.41. The second kappa shape index (κ2) is 10.3. The molecule has 0 heterocycles. The van der Waals surface area contributed by atoms with Crippen LogP contribution >= 0.6 is 0 Å². The van der Waals surface area contributed by atoms with Gasteiger partial charge >= 0.3 is 11.9 Å². The zero-order valence-corrected chi connectivity index (χ0v) is 13.8. The standard InChI is InChI=1S/C13H16O4.C3H6O2/c1-9(13(14)17-4)7-10-5-6-11(15-2)12(8-10)16-3;1-3(4)5-2/h5-8H,1-4H3;1-2H3/b9-7-;. The first-order valence-corrected chi connectivity index (χ1v) is 6.42. The number of ether oxygens (including phenoxy) is 4. The topological polar surface area (TPSA) is 71.1 Å². The summed E-state index contributed by atoms with van der Waals surface area (Å²) < 4.78 is 19.0. The highest BCUT2D eigenvalue weighted by atomic mass is 16.5. The van der Waals surface area contributed by atoms with Crippen LogP contribution in [0, 0.1) is 0 Å². The highest BCUT2D eigenvalue weighted by molar-refractivity contribution is 5.93. The predicted octanol–water partition coefficient (Wildman–Crippen LogP) is 2.46. The maximum atomic E-state index is 11.2. The zero-order valence-electron chi connectivity index (χ0n) is 13.8. The molecule has 6 nitrogen and oxygen atoms in total. The first kappa shape index (κ1) is 19.5. The fourth-order valence-corrected chi connectivity index (χ4v) is 1.41. The number of benzene rings is 1. The molecule has 0 aliphatic heterocycles. The van der Waals surface area contributed by atoms with Gasteiger partial charge in [-0.05, 0) is 30.7 Å². The molecule has 0 bridgehead atoms. The van der Waals surface area contributed by atoms with Gasteiger partial charge in [0.1, 0.15) is 0 Å². The molecule has 0 saturated heterocycles. The van der Waals surface area contributed by atoms with E-state index in [4.69, 9.17) is 9.47 Å². The summed E-state index contributed by atoms with van der Waals surface area (Å²) in [6.45, 7) is 3.06. The molecule has 0 fully saturated rings. The van der Waals surface area contributed by atoms with E-state index in [1.165, 1.54) is 21.1 Å². The molecule has 0 atom stereocenters. The molecule has 0 aromatic heterocycles. The molecule has 0 aliphatic carbocycles. The van der Waals surface area contributed by atoms with E-state index in [9.17, 15) is 9.59 Å². The van der Waals surface area contributed by atoms with Crippen molar-refractivity contribution in [3.63, 3.8) is 0 Å². The minimum atomic E-state index is -0.347. The summed E-state index contributed by atoms with van der Waals surface area (Å²) in [5.41, 5.74) is 1.38. The summed E-state index contributed by atoms with van der Waals surface area (Å²) in [5, 5.41) is 0. The summed E-state index contributed by atoms with van der Waals surface area (Å²) in [6, 6.07) is 5.42. The first-order chi connectivity index (χ1) is 10.4. The van der Waals surface area contributed by atoms with Crippen molar-refractivity contribution in [3.05, 3.63) is 29.3 Å². The highest BCUT2D eigenvalue weighted by Crippen LogP contribution is 2.28. The zero-order chi connectivity index (χ0) is 17.1. The van der Waals surface area contributed by atoms with Gasteiger partial charge in [0.05, 0.1) is 28.4 Å². The Morgan fingerprint density at radius 1 is 0.909 bits per heavy atom. The molecule has 0 aliphatic rings.